The molecule has 1 fully saturated rings. The summed E-state index contributed by atoms with van der Waals surface area (Å²) in [6.45, 7) is 8.48. The summed E-state index contributed by atoms with van der Waals surface area (Å²) in [5.74, 6) is 1.50. The van der Waals surface area contributed by atoms with Gasteiger partial charge in [-0.2, -0.15) is 0 Å². The molecule has 3 nitrogen and oxygen atoms in total. The Balaban J connectivity index is 0.00000220. The Morgan fingerprint density at radius 3 is 2.38 bits per heavy atom. The first-order valence-electron chi connectivity index (χ1n) is 7.58. The summed E-state index contributed by atoms with van der Waals surface area (Å²) in [6, 6.07) is 10.4. The molecule has 1 aromatic carbocycles. The van der Waals surface area contributed by atoms with Crippen molar-refractivity contribution in [3.63, 3.8) is 0 Å². The maximum atomic E-state index is 12.5. The number of carbonyl (C=O) groups is 1. The topological polar surface area (TPSA) is 46.3 Å². The Kier molecular flexibility index (Phi) is 6.69. The van der Waals surface area contributed by atoms with Crippen LogP contribution in [0, 0.1) is 17.8 Å². The molecule has 2 rings (SSSR count). The molecule has 118 valence electrons. The number of hydrogen-bond acceptors (Lipinski definition) is 2. The molecule has 1 unspecified atom stereocenters. The maximum Gasteiger partial charge on any atom is 0.225 e. The third-order valence-corrected chi connectivity index (χ3v) is 4.67. The van der Waals surface area contributed by atoms with E-state index in [1.165, 1.54) is 5.56 Å². The zero-order valence-corrected chi connectivity index (χ0v) is 14.0. The Morgan fingerprint density at radius 1 is 1.24 bits per heavy atom. The van der Waals surface area contributed by atoms with Gasteiger partial charge < -0.3 is 10.6 Å². The van der Waals surface area contributed by atoms with Crippen LogP contribution >= 0.6 is 12.4 Å². The highest BCUT2D eigenvalue weighted by Gasteiger charge is 2.36. The molecule has 1 heterocycles. The number of halogens is 1. The standard InChI is InChI=1S/C17H26N2O.ClH/c1-12(2)13(3)17(20)19-10-15(9-18)16(11-19)14-7-5-4-6-8-14;/h4-8,12-13,15-16H,9-11,18H2,1-3H3;1H/t13?,15-,16+;/m1./s1. The van der Waals surface area contributed by atoms with Crippen LogP contribution in [-0.4, -0.2) is 30.4 Å². The summed E-state index contributed by atoms with van der Waals surface area (Å²) in [6.07, 6.45) is 0. The average molecular weight is 311 g/mol. The van der Waals surface area contributed by atoms with Gasteiger partial charge in [-0.1, -0.05) is 51.1 Å². The molecule has 1 saturated heterocycles. The lowest BCUT2D eigenvalue weighted by atomic mass is 9.89. The smallest absolute Gasteiger partial charge is 0.225 e. The summed E-state index contributed by atoms with van der Waals surface area (Å²) in [5.41, 5.74) is 7.22. The van der Waals surface area contributed by atoms with E-state index < -0.39 is 0 Å². The number of hydrogen-bond donors (Lipinski definition) is 1. The normalized spacial score (nSPS) is 23.0. The summed E-state index contributed by atoms with van der Waals surface area (Å²) < 4.78 is 0. The monoisotopic (exact) mass is 310 g/mol. The number of likely N-dealkylation sites (tertiary alicyclic amines) is 1. The van der Waals surface area contributed by atoms with Gasteiger partial charge in [-0.3, -0.25) is 4.79 Å². The highest BCUT2D eigenvalue weighted by molar-refractivity contribution is 5.85. The van der Waals surface area contributed by atoms with E-state index in [0.717, 1.165) is 13.1 Å². The lowest BCUT2D eigenvalue weighted by Gasteiger charge is -2.23. The molecular formula is C17H27ClN2O. The van der Waals surface area contributed by atoms with Gasteiger partial charge in [-0.25, -0.2) is 0 Å². The van der Waals surface area contributed by atoms with E-state index in [0.29, 0.717) is 24.3 Å². The van der Waals surface area contributed by atoms with E-state index in [4.69, 9.17) is 5.73 Å². The van der Waals surface area contributed by atoms with Gasteiger partial charge in [-0.05, 0) is 23.9 Å². The van der Waals surface area contributed by atoms with Crippen LogP contribution in [-0.2, 0) is 4.79 Å². The highest BCUT2D eigenvalue weighted by atomic mass is 35.5. The van der Waals surface area contributed by atoms with Crippen LogP contribution in [0.2, 0.25) is 0 Å². The molecule has 0 aromatic heterocycles. The van der Waals surface area contributed by atoms with Crippen LogP contribution < -0.4 is 5.73 Å². The van der Waals surface area contributed by atoms with E-state index in [-0.39, 0.29) is 24.2 Å². The summed E-state index contributed by atoms with van der Waals surface area (Å²) in [7, 11) is 0. The molecule has 2 N–H and O–H groups in total. The van der Waals surface area contributed by atoms with Crippen LogP contribution in [0.15, 0.2) is 30.3 Å². The lowest BCUT2D eigenvalue weighted by Crippen LogP contribution is -2.35. The Morgan fingerprint density at radius 2 is 1.86 bits per heavy atom. The molecule has 1 aliphatic rings. The molecule has 0 saturated carbocycles. The minimum Gasteiger partial charge on any atom is -0.341 e. The largest absolute Gasteiger partial charge is 0.341 e. The fourth-order valence-electron chi connectivity index (χ4n) is 2.94. The van der Waals surface area contributed by atoms with E-state index in [1.54, 1.807) is 0 Å². The van der Waals surface area contributed by atoms with E-state index in [1.807, 2.05) is 17.9 Å². The van der Waals surface area contributed by atoms with Gasteiger partial charge in [0, 0.05) is 24.9 Å². The van der Waals surface area contributed by atoms with Gasteiger partial charge in [0.1, 0.15) is 0 Å². The van der Waals surface area contributed by atoms with Crippen molar-refractivity contribution < 1.29 is 4.79 Å². The van der Waals surface area contributed by atoms with Crippen LogP contribution in [0.1, 0.15) is 32.3 Å². The fourth-order valence-corrected chi connectivity index (χ4v) is 2.94. The molecule has 4 heteroatoms. The van der Waals surface area contributed by atoms with E-state index >= 15 is 0 Å². The molecule has 3 atom stereocenters. The number of amides is 1. The first kappa shape index (κ1) is 18.0. The SMILES string of the molecule is CC(C)C(C)C(=O)N1C[C@@H](CN)[C@H](c2ccccc2)C1.Cl. The predicted molar refractivity (Wildman–Crippen MR) is 89.6 cm³/mol. The van der Waals surface area contributed by atoms with Gasteiger partial charge in [0.25, 0.3) is 0 Å². The van der Waals surface area contributed by atoms with Crippen molar-refractivity contribution in [2.45, 2.75) is 26.7 Å². The number of carbonyl (C=O) groups excluding carboxylic acids is 1. The van der Waals surface area contributed by atoms with Crippen molar-refractivity contribution >= 4 is 18.3 Å². The second-order valence-electron chi connectivity index (χ2n) is 6.29. The fraction of sp³-hybridized carbons (Fsp3) is 0.588. The number of benzene rings is 1. The first-order valence-corrected chi connectivity index (χ1v) is 7.58. The third kappa shape index (κ3) is 3.98. The molecule has 1 aromatic rings. The highest BCUT2D eigenvalue weighted by Crippen LogP contribution is 2.33. The van der Waals surface area contributed by atoms with Crippen molar-refractivity contribution in [3.05, 3.63) is 35.9 Å². The van der Waals surface area contributed by atoms with Gasteiger partial charge >= 0.3 is 0 Å². The zero-order valence-electron chi connectivity index (χ0n) is 13.2. The van der Waals surface area contributed by atoms with Gasteiger partial charge in [-0.15, -0.1) is 12.4 Å². The maximum absolute atomic E-state index is 12.5. The van der Waals surface area contributed by atoms with Gasteiger partial charge in [0.15, 0.2) is 0 Å². The molecule has 1 amide bonds. The molecule has 21 heavy (non-hydrogen) atoms. The van der Waals surface area contributed by atoms with Crippen molar-refractivity contribution in [1.82, 2.24) is 4.90 Å². The molecule has 0 spiro atoms. The van der Waals surface area contributed by atoms with Crippen LogP contribution in [0.25, 0.3) is 0 Å². The minimum absolute atomic E-state index is 0. The Hall–Kier alpha value is -1.06. The molecule has 0 bridgehead atoms. The van der Waals surface area contributed by atoms with Crippen molar-refractivity contribution in [1.29, 1.82) is 0 Å². The molecule has 0 aliphatic carbocycles. The summed E-state index contributed by atoms with van der Waals surface area (Å²) >= 11 is 0. The third-order valence-electron chi connectivity index (χ3n) is 4.67. The van der Waals surface area contributed by atoms with E-state index in [2.05, 4.69) is 38.1 Å². The Bertz CT molecular complexity index is 449. The summed E-state index contributed by atoms with van der Waals surface area (Å²) in [5, 5.41) is 0. The van der Waals surface area contributed by atoms with Crippen molar-refractivity contribution in [2.24, 2.45) is 23.5 Å². The molecule has 0 radical (unpaired) electrons. The second kappa shape index (κ2) is 7.81. The number of rotatable bonds is 4. The second-order valence-corrected chi connectivity index (χ2v) is 6.29. The van der Waals surface area contributed by atoms with Crippen LogP contribution in [0.4, 0.5) is 0 Å². The predicted octanol–water partition coefficient (Wildman–Crippen LogP) is 2.90. The zero-order chi connectivity index (χ0) is 14.7. The van der Waals surface area contributed by atoms with Crippen LogP contribution in [0.5, 0.6) is 0 Å². The van der Waals surface area contributed by atoms with Gasteiger partial charge in [0.05, 0.1) is 0 Å². The minimum atomic E-state index is 0. The van der Waals surface area contributed by atoms with E-state index in [9.17, 15) is 4.79 Å². The van der Waals surface area contributed by atoms with Gasteiger partial charge in [0.2, 0.25) is 5.91 Å². The summed E-state index contributed by atoms with van der Waals surface area (Å²) in [4.78, 5) is 14.5. The van der Waals surface area contributed by atoms with Crippen LogP contribution in [0.3, 0.4) is 0 Å². The van der Waals surface area contributed by atoms with Crippen molar-refractivity contribution in [3.8, 4) is 0 Å². The quantitative estimate of drug-likeness (QED) is 0.929. The van der Waals surface area contributed by atoms with Crippen molar-refractivity contribution in [2.75, 3.05) is 19.6 Å². The average Bonchev–Trinajstić information content (AvgIpc) is 2.90. The molecule has 1 aliphatic heterocycles. The Labute approximate surface area is 134 Å². The molecular weight excluding hydrogens is 284 g/mol. The number of nitrogens with zero attached hydrogens (tertiary/aromatic N) is 1. The first-order chi connectivity index (χ1) is 9.54. The lowest BCUT2D eigenvalue weighted by molar-refractivity contribution is -0.135. The number of nitrogens with two attached hydrogens (primary N) is 1.